The largest absolute Gasteiger partial charge is 0.481 e. The molecule has 3 aromatic carbocycles. The predicted octanol–water partition coefficient (Wildman–Crippen LogP) is 6.66. The number of carbonyl (C=O) groups excluding carboxylic acids is 1. The molecule has 4 N–H and O–H groups in total. The molecule has 48 heavy (non-hydrogen) atoms. The van der Waals surface area contributed by atoms with E-state index >= 15 is 0 Å². The maximum atomic E-state index is 14.8. The minimum atomic E-state index is -1.31. The number of fused-ring (bicyclic) bond motifs is 1. The molecule has 0 saturated carbocycles. The van der Waals surface area contributed by atoms with Crippen LogP contribution in [0, 0.1) is 17.6 Å². The number of aliphatic carboxylic acids is 2. The van der Waals surface area contributed by atoms with Crippen LogP contribution in [0.4, 0.5) is 14.5 Å². The van der Waals surface area contributed by atoms with Gasteiger partial charge in [0, 0.05) is 41.3 Å². The number of carbonyl (C=O) groups is 3. The molecule has 0 fully saturated rings. The second-order valence-electron chi connectivity index (χ2n) is 11.6. The van der Waals surface area contributed by atoms with Crippen molar-refractivity contribution in [3.63, 3.8) is 0 Å². The van der Waals surface area contributed by atoms with E-state index in [9.17, 15) is 28.0 Å². The lowest BCUT2D eigenvalue weighted by Gasteiger charge is -2.18. The standard InChI is InChI=1S/C33H31F2N3O2S.C3H4O4/c1-20(2)30(39)26-19-38(18-24-27(34)10-7-11-28(24)35)33-29(31(26)40)25(17-37(3)16-21-8-5-4-6-9-21)32(41-33)22-12-14-23(36)15-13-22;4-2(5)1-3(6)7/h4-15,19-20H,16-18,36H2,1-3H3;1H2,(H,4,5)(H,6,7). The second-order valence-corrected chi connectivity index (χ2v) is 12.6. The van der Waals surface area contributed by atoms with Gasteiger partial charge in [0.1, 0.15) is 22.9 Å². The summed E-state index contributed by atoms with van der Waals surface area (Å²) < 4.78 is 31.2. The Morgan fingerprint density at radius 1 is 0.875 bits per heavy atom. The van der Waals surface area contributed by atoms with E-state index in [1.807, 2.05) is 49.5 Å². The summed E-state index contributed by atoms with van der Waals surface area (Å²) in [6, 6.07) is 21.1. The number of carboxylic acid groups (broad SMARTS) is 2. The number of benzene rings is 3. The van der Waals surface area contributed by atoms with E-state index in [1.165, 1.54) is 35.7 Å². The Labute approximate surface area is 279 Å². The number of thiophene rings is 1. The summed E-state index contributed by atoms with van der Waals surface area (Å²) in [7, 11) is 1.97. The number of halogens is 2. The average molecular weight is 676 g/mol. The topological polar surface area (TPSA) is 143 Å². The van der Waals surface area contributed by atoms with Crippen molar-refractivity contribution in [2.24, 2.45) is 5.92 Å². The zero-order chi connectivity index (χ0) is 35.1. The van der Waals surface area contributed by atoms with Gasteiger partial charge in [-0.05, 0) is 48.0 Å². The third kappa shape index (κ3) is 8.58. The molecule has 0 aliphatic rings. The number of Topliss-reactive ketones (excluding diaryl/α,β-unsaturated/α-hetero) is 1. The normalized spacial score (nSPS) is 11.1. The lowest BCUT2D eigenvalue weighted by Crippen LogP contribution is -2.24. The van der Waals surface area contributed by atoms with Gasteiger partial charge >= 0.3 is 11.9 Å². The van der Waals surface area contributed by atoms with Crippen molar-refractivity contribution in [1.29, 1.82) is 0 Å². The Bertz CT molecular complexity index is 1970. The Balaban J connectivity index is 0.000000671. The molecule has 250 valence electrons. The predicted molar refractivity (Wildman–Crippen MR) is 182 cm³/mol. The molecule has 0 atom stereocenters. The van der Waals surface area contributed by atoms with Gasteiger partial charge in [-0.3, -0.25) is 24.1 Å². The number of anilines is 1. The Hall–Kier alpha value is -5.20. The van der Waals surface area contributed by atoms with Crippen LogP contribution in [0.25, 0.3) is 20.7 Å². The molecular weight excluding hydrogens is 640 g/mol. The van der Waals surface area contributed by atoms with Crippen molar-refractivity contribution in [2.45, 2.75) is 39.9 Å². The second kappa shape index (κ2) is 15.6. The van der Waals surface area contributed by atoms with Gasteiger partial charge in [-0.1, -0.05) is 62.4 Å². The quantitative estimate of drug-likeness (QED) is 0.0802. The zero-order valence-electron chi connectivity index (χ0n) is 26.6. The minimum absolute atomic E-state index is 0.0119. The van der Waals surface area contributed by atoms with Crippen LogP contribution in [-0.4, -0.2) is 44.4 Å². The first kappa shape index (κ1) is 35.7. The Morgan fingerprint density at radius 2 is 1.48 bits per heavy atom. The Kier molecular flexibility index (Phi) is 11.6. The number of carboxylic acids is 2. The van der Waals surface area contributed by atoms with Crippen molar-refractivity contribution >= 4 is 45.0 Å². The summed E-state index contributed by atoms with van der Waals surface area (Å²) in [5.74, 6) is -4.75. The molecule has 0 saturated heterocycles. The van der Waals surface area contributed by atoms with Crippen LogP contribution in [-0.2, 0) is 29.2 Å². The van der Waals surface area contributed by atoms with Gasteiger partial charge in [0.2, 0.25) is 5.43 Å². The van der Waals surface area contributed by atoms with Crippen LogP contribution >= 0.6 is 11.3 Å². The van der Waals surface area contributed by atoms with Gasteiger partial charge in [0.05, 0.1) is 17.5 Å². The first-order chi connectivity index (χ1) is 22.8. The third-order valence-corrected chi connectivity index (χ3v) is 8.70. The average Bonchev–Trinajstić information content (AvgIpc) is 3.39. The van der Waals surface area contributed by atoms with Gasteiger partial charge in [-0.2, -0.15) is 0 Å². The fourth-order valence-corrected chi connectivity index (χ4v) is 6.41. The molecule has 0 amide bonds. The van der Waals surface area contributed by atoms with Crippen molar-refractivity contribution in [3.05, 3.63) is 123 Å². The molecule has 5 aromatic rings. The van der Waals surface area contributed by atoms with E-state index in [1.54, 1.807) is 30.5 Å². The number of nitrogens with two attached hydrogens (primary N) is 1. The lowest BCUT2D eigenvalue weighted by atomic mass is 9.99. The number of rotatable bonds is 11. The number of pyridine rings is 1. The number of hydrogen-bond donors (Lipinski definition) is 3. The van der Waals surface area contributed by atoms with Gasteiger partial charge in [0.25, 0.3) is 0 Å². The van der Waals surface area contributed by atoms with E-state index in [-0.39, 0.29) is 28.9 Å². The van der Waals surface area contributed by atoms with Gasteiger partial charge < -0.3 is 20.5 Å². The SMILES string of the molecule is CC(C)C(=O)c1cn(Cc2c(F)cccc2F)c2sc(-c3ccc(N)cc3)c(CN(C)Cc3ccccc3)c2c1=O.O=C(O)CC(=O)O. The van der Waals surface area contributed by atoms with Crippen molar-refractivity contribution in [3.8, 4) is 10.4 Å². The highest BCUT2D eigenvalue weighted by molar-refractivity contribution is 7.22. The fourth-order valence-electron chi connectivity index (χ4n) is 5.12. The molecule has 0 unspecified atom stereocenters. The van der Waals surface area contributed by atoms with Crippen LogP contribution in [0.1, 0.15) is 47.3 Å². The van der Waals surface area contributed by atoms with Gasteiger partial charge in [-0.25, -0.2) is 8.78 Å². The molecule has 9 nitrogen and oxygen atoms in total. The maximum Gasteiger partial charge on any atom is 0.314 e. The van der Waals surface area contributed by atoms with Crippen LogP contribution < -0.4 is 11.2 Å². The first-order valence-corrected chi connectivity index (χ1v) is 15.8. The summed E-state index contributed by atoms with van der Waals surface area (Å²) in [6.07, 6.45) is 0.652. The number of nitrogens with zero attached hydrogens (tertiary/aromatic N) is 2. The zero-order valence-corrected chi connectivity index (χ0v) is 27.4. The number of ketones is 1. The molecule has 0 bridgehead atoms. The molecule has 2 heterocycles. The first-order valence-electron chi connectivity index (χ1n) is 14.9. The lowest BCUT2D eigenvalue weighted by molar-refractivity contribution is -0.147. The highest BCUT2D eigenvalue weighted by Crippen LogP contribution is 2.39. The molecular formula is C36H35F2N3O6S. The molecule has 12 heteroatoms. The van der Waals surface area contributed by atoms with E-state index in [4.69, 9.17) is 15.9 Å². The summed E-state index contributed by atoms with van der Waals surface area (Å²) in [5, 5.41) is 15.8. The molecule has 0 radical (unpaired) electrons. The Morgan fingerprint density at radius 3 is 2.02 bits per heavy atom. The third-order valence-electron chi connectivity index (χ3n) is 7.38. The summed E-state index contributed by atoms with van der Waals surface area (Å²) in [5.41, 5.74) is 8.82. The summed E-state index contributed by atoms with van der Waals surface area (Å²) in [6.45, 7) is 4.34. The monoisotopic (exact) mass is 675 g/mol. The molecule has 0 aliphatic heterocycles. The highest BCUT2D eigenvalue weighted by atomic mass is 32.1. The number of hydrogen-bond acceptors (Lipinski definition) is 7. The molecule has 2 aromatic heterocycles. The minimum Gasteiger partial charge on any atom is -0.481 e. The number of aromatic nitrogens is 1. The summed E-state index contributed by atoms with van der Waals surface area (Å²) in [4.78, 5) is 49.7. The maximum absolute atomic E-state index is 14.8. The van der Waals surface area contributed by atoms with E-state index in [2.05, 4.69) is 4.90 Å². The van der Waals surface area contributed by atoms with Crippen molar-refractivity contribution in [2.75, 3.05) is 12.8 Å². The van der Waals surface area contributed by atoms with Crippen LogP contribution in [0.3, 0.4) is 0 Å². The fraction of sp³-hybridized carbons (Fsp3) is 0.222. The van der Waals surface area contributed by atoms with Crippen LogP contribution in [0.15, 0.2) is 83.8 Å². The smallest absolute Gasteiger partial charge is 0.314 e. The molecule has 5 rings (SSSR count). The van der Waals surface area contributed by atoms with Crippen molar-refractivity contribution in [1.82, 2.24) is 9.47 Å². The summed E-state index contributed by atoms with van der Waals surface area (Å²) >= 11 is 1.37. The van der Waals surface area contributed by atoms with Crippen LogP contribution in [0.5, 0.6) is 0 Å². The highest BCUT2D eigenvalue weighted by Gasteiger charge is 2.26. The number of nitrogen functional groups attached to an aromatic ring is 1. The van der Waals surface area contributed by atoms with Gasteiger partial charge in [-0.15, -0.1) is 11.3 Å². The van der Waals surface area contributed by atoms with E-state index in [0.29, 0.717) is 29.0 Å². The van der Waals surface area contributed by atoms with E-state index in [0.717, 1.165) is 21.6 Å². The molecule has 0 spiro atoms. The van der Waals surface area contributed by atoms with Crippen LogP contribution in [0.2, 0.25) is 0 Å². The molecule has 0 aliphatic carbocycles. The van der Waals surface area contributed by atoms with Crippen molar-refractivity contribution < 1.29 is 33.4 Å². The van der Waals surface area contributed by atoms with Gasteiger partial charge in [0.15, 0.2) is 5.78 Å². The van der Waals surface area contributed by atoms with E-state index < -0.39 is 35.9 Å².